The maximum absolute atomic E-state index is 12.4. The second-order valence-electron chi connectivity index (χ2n) is 4.69. The van der Waals surface area contributed by atoms with Gasteiger partial charge in [0.1, 0.15) is 0 Å². The smallest absolute Gasteiger partial charge is 0.243 e. The predicted molar refractivity (Wildman–Crippen MR) is 75.3 cm³/mol. The Balaban J connectivity index is 3.05. The van der Waals surface area contributed by atoms with Gasteiger partial charge in [0.05, 0.1) is 11.5 Å². The fourth-order valence-corrected chi connectivity index (χ4v) is 3.02. The van der Waals surface area contributed by atoms with E-state index in [4.69, 9.17) is 5.11 Å². The molecular formula is C13H22N2O3S. The lowest BCUT2D eigenvalue weighted by Gasteiger charge is -2.19. The maximum atomic E-state index is 12.4. The Morgan fingerprint density at radius 3 is 2.53 bits per heavy atom. The van der Waals surface area contributed by atoms with Crippen molar-refractivity contribution in [2.45, 2.75) is 31.3 Å². The minimum atomic E-state index is -3.55. The van der Waals surface area contributed by atoms with Gasteiger partial charge >= 0.3 is 0 Å². The molecule has 5 nitrogen and oxygen atoms in total. The van der Waals surface area contributed by atoms with E-state index in [0.717, 1.165) is 5.56 Å². The Morgan fingerprint density at radius 1 is 1.32 bits per heavy atom. The lowest BCUT2D eigenvalue weighted by atomic mass is 10.2. The molecule has 0 aliphatic rings. The Labute approximate surface area is 115 Å². The molecule has 0 fully saturated rings. The van der Waals surface area contributed by atoms with Crippen LogP contribution in [0.25, 0.3) is 0 Å². The van der Waals surface area contributed by atoms with Crippen LogP contribution in [-0.4, -0.2) is 44.1 Å². The molecule has 1 aromatic rings. The summed E-state index contributed by atoms with van der Waals surface area (Å²) in [6.07, 6.45) is 0. The molecule has 0 aliphatic heterocycles. The van der Waals surface area contributed by atoms with E-state index in [1.807, 2.05) is 19.9 Å². The van der Waals surface area contributed by atoms with Crippen LogP contribution in [0.15, 0.2) is 29.2 Å². The predicted octanol–water partition coefficient (Wildman–Crippen LogP) is 0.797. The van der Waals surface area contributed by atoms with E-state index in [0.29, 0.717) is 11.4 Å². The van der Waals surface area contributed by atoms with Gasteiger partial charge < -0.3 is 10.4 Å². The van der Waals surface area contributed by atoms with E-state index in [9.17, 15) is 8.42 Å². The van der Waals surface area contributed by atoms with Gasteiger partial charge in [0.2, 0.25) is 10.0 Å². The molecule has 0 spiro atoms. The zero-order valence-corrected chi connectivity index (χ0v) is 12.4. The van der Waals surface area contributed by atoms with Crippen LogP contribution in [0.3, 0.4) is 0 Å². The van der Waals surface area contributed by atoms with Gasteiger partial charge in [-0.2, -0.15) is 4.31 Å². The fraction of sp³-hybridized carbons (Fsp3) is 0.538. The van der Waals surface area contributed by atoms with Crippen LogP contribution < -0.4 is 5.32 Å². The first-order valence-electron chi connectivity index (χ1n) is 6.28. The molecular weight excluding hydrogens is 264 g/mol. The van der Waals surface area contributed by atoms with E-state index >= 15 is 0 Å². The molecule has 2 N–H and O–H groups in total. The third-order valence-corrected chi connectivity index (χ3v) is 4.73. The highest BCUT2D eigenvalue weighted by molar-refractivity contribution is 7.89. The third-order valence-electron chi connectivity index (χ3n) is 2.78. The van der Waals surface area contributed by atoms with Crippen molar-refractivity contribution in [3.8, 4) is 0 Å². The minimum Gasteiger partial charge on any atom is -0.395 e. The molecule has 1 aromatic carbocycles. The van der Waals surface area contributed by atoms with Gasteiger partial charge in [-0.25, -0.2) is 8.42 Å². The van der Waals surface area contributed by atoms with Crippen molar-refractivity contribution >= 4 is 10.0 Å². The van der Waals surface area contributed by atoms with E-state index in [1.165, 1.54) is 11.4 Å². The second-order valence-corrected chi connectivity index (χ2v) is 6.71. The Hall–Kier alpha value is -0.950. The molecule has 0 heterocycles. The molecule has 0 saturated carbocycles. The van der Waals surface area contributed by atoms with Gasteiger partial charge in [-0.1, -0.05) is 32.0 Å². The number of hydrogen-bond donors (Lipinski definition) is 2. The first-order chi connectivity index (χ1) is 8.89. The highest BCUT2D eigenvalue weighted by atomic mass is 32.2. The lowest BCUT2D eigenvalue weighted by molar-refractivity contribution is 0.266. The summed E-state index contributed by atoms with van der Waals surface area (Å²) >= 11 is 0. The van der Waals surface area contributed by atoms with Crippen LogP contribution in [-0.2, 0) is 16.6 Å². The number of likely N-dealkylation sites (N-methyl/N-ethyl adjacent to an activating group) is 1. The zero-order valence-electron chi connectivity index (χ0n) is 11.6. The Bertz CT molecular complexity index is 500. The summed E-state index contributed by atoms with van der Waals surface area (Å²) < 4.78 is 25.9. The van der Waals surface area contributed by atoms with Crippen molar-refractivity contribution in [2.24, 2.45) is 0 Å². The summed E-state index contributed by atoms with van der Waals surface area (Å²) in [5.74, 6) is 0. The number of sulfonamides is 1. The number of aliphatic hydroxyl groups excluding tert-OH is 1. The van der Waals surface area contributed by atoms with Crippen molar-refractivity contribution in [3.05, 3.63) is 29.8 Å². The molecule has 0 saturated heterocycles. The number of hydrogen-bond acceptors (Lipinski definition) is 4. The molecule has 1 rings (SSSR count). The second kappa shape index (κ2) is 7.00. The summed E-state index contributed by atoms with van der Waals surface area (Å²) in [5, 5.41) is 12.1. The van der Waals surface area contributed by atoms with Gasteiger partial charge in [-0.15, -0.1) is 0 Å². The number of rotatable bonds is 7. The summed E-state index contributed by atoms with van der Waals surface area (Å²) in [6.45, 7) is 4.42. The van der Waals surface area contributed by atoms with E-state index in [1.54, 1.807) is 18.2 Å². The normalized spacial score (nSPS) is 12.3. The standard InChI is InChI=1S/C13H22N2O3S/c1-11(2)14-10-12-6-4-5-7-13(12)19(17,18)15(3)8-9-16/h4-7,11,14,16H,8-10H2,1-3H3. The molecule has 0 atom stereocenters. The molecule has 0 unspecified atom stereocenters. The number of aliphatic hydroxyl groups is 1. The van der Waals surface area contributed by atoms with Gasteiger partial charge in [-0.05, 0) is 11.6 Å². The summed E-state index contributed by atoms with van der Waals surface area (Å²) in [4.78, 5) is 0.291. The average molecular weight is 286 g/mol. The topological polar surface area (TPSA) is 69.6 Å². The average Bonchev–Trinajstić information content (AvgIpc) is 2.37. The van der Waals surface area contributed by atoms with Crippen LogP contribution in [0.2, 0.25) is 0 Å². The maximum Gasteiger partial charge on any atom is 0.243 e. The zero-order chi connectivity index (χ0) is 14.5. The monoisotopic (exact) mass is 286 g/mol. The Morgan fingerprint density at radius 2 is 1.95 bits per heavy atom. The highest BCUT2D eigenvalue weighted by Crippen LogP contribution is 2.19. The Kier molecular flexibility index (Phi) is 5.93. The highest BCUT2D eigenvalue weighted by Gasteiger charge is 2.22. The summed E-state index contributed by atoms with van der Waals surface area (Å²) in [5.41, 5.74) is 0.737. The van der Waals surface area contributed by atoms with Crippen LogP contribution in [0.5, 0.6) is 0 Å². The van der Waals surface area contributed by atoms with Crippen molar-refractivity contribution in [2.75, 3.05) is 20.2 Å². The molecule has 0 aromatic heterocycles. The van der Waals surface area contributed by atoms with Gasteiger partial charge in [-0.3, -0.25) is 0 Å². The summed E-state index contributed by atoms with van der Waals surface area (Å²) in [6, 6.07) is 7.21. The van der Waals surface area contributed by atoms with Crippen molar-refractivity contribution < 1.29 is 13.5 Å². The first-order valence-corrected chi connectivity index (χ1v) is 7.72. The fourth-order valence-electron chi connectivity index (χ4n) is 1.64. The van der Waals surface area contributed by atoms with E-state index in [2.05, 4.69) is 5.32 Å². The molecule has 6 heteroatoms. The van der Waals surface area contributed by atoms with Crippen molar-refractivity contribution in [3.63, 3.8) is 0 Å². The molecule has 0 radical (unpaired) electrons. The molecule has 0 bridgehead atoms. The number of nitrogens with zero attached hydrogens (tertiary/aromatic N) is 1. The third kappa shape index (κ3) is 4.28. The van der Waals surface area contributed by atoms with Crippen LogP contribution in [0.4, 0.5) is 0 Å². The molecule has 19 heavy (non-hydrogen) atoms. The van der Waals surface area contributed by atoms with Crippen LogP contribution >= 0.6 is 0 Å². The largest absolute Gasteiger partial charge is 0.395 e. The van der Waals surface area contributed by atoms with Crippen molar-refractivity contribution in [1.82, 2.24) is 9.62 Å². The quantitative estimate of drug-likeness (QED) is 0.778. The van der Waals surface area contributed by atoms with Gasteiger partial charge in [0.15, 0.2) is 0 Å². The van der Waals surface area contributed by atoms with Crippen LogP contribution in [0.1, 0.15) is 19.4 Å². The summed E-state index contributed by atoms with van der Waals surface area (Å²) in [7, 11) is -2.08. The molecule has 108 valence electrons. The van der Waals surface area contributed by atoms with E-state index < -0.39 is 10.0 Å². The van der Waals surface area contributed by atoms with Crippen LogP contribution in [0, 0.1) is 0 Å². The SMILES string of the molecule is CC(C)NCc1ccccc1S(=O)(=O)N(C)CCO. The van der Waals surface area contributed by atoms with Gasteiger partial charge in [0, 0.05) is 26.2 Å². The number of benzene rings is 1. The lowest BCUT2D eigenvalue weighted by Crippen LogP contribution is -2.31. The van der Waals surface area contributed by atoms with Gasteiger partial charge in [0.25, 0.3) is 0 Å². The molecule has 0 amide bonds. The minimum absolute atomic E-state index is 0.0915. The van der Waals surface area contributed by atoms with E-state index in [-0.39, 0.29) is 19.2 Å². The first kappa shape index (κ1) is 16.1. The molecule has 0 aliphatic carbocycles. The van der Waals surface area contributed by atoms with Crippen molar-refractivity contribution in [1.29, 1.82) is 0 Å². The number of nitrogens with one attached hydrogen (secondary N) is 1.